The summed E-state index contributed by atoms with van der Waals surface area (Å²) in [6, 6.07) is 3.92. The maximum Gasteiger partial charge on any atom is 0.277 e. The van der Waals surface area contributed by atoms with Crippen molar-refractivity contribution in [2.75, 3.05) is 32.2 Å². The lowest BCUT2D eigenvalue weighted by Gasteiger charge is -2.33. The van der Waals surface area contributed by atoms with Crippen LogP contribution >= 0.6 is 11.3 Å². The van der Waals surface area contributed by atoms with Crippen molar-refractivity contribution in [1.82, 2.24) is 4.98 Å². The van der Waals surface area contributed by atoms with E-state index in [4.69, 9.17) is 15.2 Å². The average molecular weight is 321 g/mol. The summed E-state index contributed by atoms with van der Waals surface area (Å²) in [4.78, 5) is 18.1. The Bertz CT molecular complexity index is 693. The molecule has 3 rings (SSSR count). The first kappa shape index (κ1) is 15.1. The number of hydrogen-bond acceptors (Lipinski definition) is 6. The van der Waals surface area contributed by atoms with Crippen molar-refractivity contribution in [3.8, 4) is 5.75 Å². The van der Waals surface area contributed by atoms with E-state index in [1.165, 1.54) is 11.3 Å². The highest BCUT2D eigenvalue weighted by atomic mass is 32.1. The fraction of sp³-hybridized carbons (Fsp3) is 0.467. The van der Waals surface area contributed by atoms with Gasteiger partial charge in [0.1, 0.15) is 11.3 Å². The van der Waals surface area contributed by atoms with Gasteiger partial charge in [-0.15, -0.1) is 11.3 Å². The number of fused-ring (bicyclic) bond motifs is 1. The van der Waals surface area contributed by atoms with Gasteiger partial charge in [0.25, 0.3) is 5.91 Å². The van der Waals surface area contributed by atoms with Gasteiger partial charge in [0.15, 0.2) is 5.01 Å². The summed E-state index contributed by atoms with van der Waals surface area (Å²) in [5.74, 6) is 0.154. The zero-order valence-electron chi connectivity index (χ0n) is 12.7. The third-order valence-corrected chi connectivity index (χ3v) is 5.12. The zero-order valence-corrected chi connectivity index (χ0v) is 13.5. The number of primary amides is 1. The molecule has 0 saturated carbocycles. The average Bonchev–Trinajstić information content (AvgIpc) is 2.99. The van der Waals surface area contributed by atoms with Gasteiger partial charge >= 0.3 is 0 Å². The highest BCUT2D eigenvalue weighted by Gasteiger charge is 2.23. The second kappa shape index (κ2) is 6.10. The van der Waals surface area contributed by atoms with Crippen molar-refractivity contribution < 1.29 is 14.3 Å². The second-order valence-electron chi connectivity index (χ2n) is 5.27. The molecule has 1 aromatic heterocycles. The molecule has 0 aliphatic carbocycles. The number of methoxy groups -OCH3 is 2. The standard InChI is InChI=1S/C15H19N3O3S/c1-20-9-5-7-18(8-6-9)10-3-4-11(21-2)12-13(10)22-15(17-12)14(16)19/h3-4,9H,5-8H2,1-2H3,(H2,16,19). The van der Waals surface area contributed by atoms with Crippen molar-refractivity contribution >= 4 is 33.1 Å². The number of piperidine rings is 1. The monoisotopic (exact) mass is 321 g/mol. The number of aromatic nitrogens is 1. The number of hydrogen-bond donors (Lipinski definition) is 1. The summed E-state index contributed by atoms with van der Waals surface area (Å²) >= 11 is 1.32. The molecule has 0 radical (unpaired) electrons. The molecule has 1 aromatic carbocycles. The topological polar surface area (TPSA) is 77.7 Å². The lowest BCUT2D eigenvalue weighted by atomic mass is 10.1. The molecule has 118 valence electrons. The fourth-order valence-electron chi connectivity index (χ4n) is 2.82. The minimum atomic E-state index is -0.507. The molecule has 0 atom stereocenters. The minimum Gasteiger partial charge on any atom is -0.494 e. The number of nitrogens with two attached hydrogens (primary N) is 1. The molecule has 1 aliphatic heterocycles. The van der Waals surface area contributed by atoms with Gasteiger partial charge in [0.05, 0.1) is 23.6 Å². The van der Waals surface area contributed by atoms with E-state index in [9.17, 15) is 4.79 Å². The fourth-order valence-corrected chi connectivity index (χ4v) is 3.80. The predicted molar refractivity (Wildman–Crippen MR) is 86.9 cm³/mol. The van der Waals surface area contributed by atoms with Gasteiger partial charge in [-0.25, -0.2) is 4.98 Å². The van der Waals surface area contributed by atoms with E-state index in [-0.39, 0.29) is 0 Å². The van der Waals surface area contributed by atoms with Crippen LogP contribution in [0.2, 0.25) is 0 Å². The third-order valence-electron chi connectivity index (χ3n) is 4.03. The Hall–Kier alpha value is -1.86. The van der Waals surface area contributed by atoms with Crippen LogP contribution < -0.4 is 15.4 Å². The van der Waals surface area contributed by atoms with Crippen LogP contribution in [-0.2, 0) is 4.74 Å². The van der Waals surface area contributed by atoms with Crippen LogP contribution in [0.25, 0.3) is 10.2 Å². The number of nitrogens with zero attached hydrogens (tertiary/aromatic N) is 2. The van der Waals surface area contributed by atoms with Crippen LogP contribution in [0.3, 0.4) is 0 Å². The molecule has 1 aliphatic rings. The number of anilines is 1. The zero-order chi connectivity index (χ0) is 15.7. The van der Waals surface area contributed by atoms with E-state index in [2.05, 4.69) is 9.88 Å². The van der Waals surface area contributed by atoms with Crippen LogP contribution in [0.15, 0.2) is 12.1 Å². The molecule has 2 N–H and O–H groups in total. The number of amides is 1. The van der Waals surface area contributed by atoms with Crippen molar-refractivity contribution in [1.29, 1.82) is 0 Å². The maximum absolute atomic E-state index is 11.4. The maximum atomic E-state index is 11.4. The van der Waals surface area contributed by atoms with Gasteiger partial charge in [-0.2, -0.15) is 0 Å². The molecular formula is C15H19N3O3S. The quantitative estimate of drug-likeness (QED) is 0.932. The van der Waals surface area contributed by atoms with Crippen molar-refractivity contribution in [3.05, 3.63) is 17.1 Å². The predicted octanol–water partition coefficient (Wildman–Crippen LogP) is 2.02. The number of thiazole rings is 1. The molecule has 1 amide bonds. The molecular weight excluding hydrogens is 302 g/mol. The van der Waals surface area contributed by atoms with Gasteiger partial charge in [-0.3, -0.25) is 4.79 Å². The van der Waals surface area contributed by atoms with Gasteiger partial charge in [0.2, 0.25) is 0 Å². The van der Waals surface area contributed by atoms with Gasteiger partial charge in [0, 0.05) is 20.2 Å². The van der Waals surface area contributed by atoms with Crippen LogP contribution in [0.4, 0.5) is 5.69 Å². The molecule has 2 heterocycles. The Kier molecular flexibility index (Phi) is 4.17. The first-order chi connectivity index (χ1) is 10.6. The molecule has 6 nitrogen and oxygen atoms in total. The number of ether oxygens (including phenoxy) is 2. The van der Waals surface area contributed by atoms with E-state index in [0.29, 0.717) is 22.4 Å². The SMILES string of the molecule is COc1ccc(N2CCC(OC)CC2)c2sc(C(N)=O)nc12. The van der Waals surface area contributed by atoms with Gasteiger partial charge in [-0.1, -0.05) is 0 Å². The Balaban J connectivity index is 2.01. The molecule has 22 heavy (non-hydrogen) atoms. The minimum absolute atomic E-state index is 0.313. The van der Waals surface area contributed by atoms with Gasteiger partial charge < -0.3 is 20.1 Å². The largest absolute Gasteiger partial charge is 0.494 e. The van der Waals surface area contributed by atoms with E-state index in [1.54, 1.807) is 14.2 Å². The van der Waals surface area contributed by atoms with Crippen LogP contribution in [0, 0.1) is 0 Å². The number of carbonyl (C=O) groups is 1. The first-order valence-electron chi connectivity index (χ1n) is 7.19. The van der Waals surface area contributed by atoms with Crippen molar-refractivity contribution in [2.45, 2.75) is 18.9 Å². The lowest BCUT2D eigenvalue weighted by molar-refractivity contribution is 0.0819. The number of carbonyl (C=O) groups excluding carboxylic acids is 1. The molecule has 1 fully saturated rings. The smallest absolute Gasteiger partial charge is 0.277 e. The Morgan fingerprint density at radius 3 is 2.68 bits per heavy atom. The Labute approximate surface area is 132 Å². The van der Waals surface area contributed by atoms with Crippen molar-refractivity contribution in [3.63, 3.8) is 0 Å². The highest BCUT2D eigenvalue weighted by Crippen LogP contribution is 2.38. The molecule has 7 heteroatoms. The third kappa shape index (κ3) is 2.62. The van der Waals surface area contributed by atoms with E-state index < -0.39 is 5.91 Å². The summed E-state index contributed by atoms with van der Waals surface area (Å²) in [5, 5.41) is 0.313. The van der Waals surface area contributed by atoms with E-state index in [1.807, 2.05) is 12.1 Å². The summed E-state index contributed by atoms with van der Waals surface area (Å²) in [6.07, 6.45) is 2.31. The molecule has 0 bridgehead atoms. The lowest BCUT2D eigenvalue weighted by Crippen LogP contribution is -2.36. The number of rotatable bonds is 4. The summed E-state index contributed by atoms with van der Waals surface area (Å²) in [6.45, 7) is 1.84. The number of benzene rings is 1. The molecule has 0 spiro atoms. The van der Waals surface area contributed by atoms with Crippen LogP contribution in [0.1, 0.15) is 22.6 Å². The summed E-state index contributed by atoms with van der Waals surface area (Å²) in [5.41, 5.74) is 7.15. The van der Waals surface area contributed by atoms with Crippen molar-refractivity contribution in [2.24, 2.45) is 5.73 Å². The summed E-state index contributed by atoms with van der Waals surface area (Å²) < 4.78 is 11.7. The first-order valence-corrected chi connectivity index (χ1v) is 8.00. The summed E-state index contributed by atoms with van der Waals surface area (Å²) in [7, 11) is 3.36. The molecule has 1 saturated heterocycles. The van der Waals surface area contributed by atoms with Crippen LogP contribution in [0.5, 0.6) is 5.75 Å². The molecule has 0 unspecified atom stereocenters. The second-order valence-corrected chi connectivity index (χ2v) is 6.27. The Morgan fingerprint density at radius 1 is 1.36 bits per heavy atom. The molecule has 2 aromatic rings. The Morgan fingerprint density at radius 2 is 2.09 bits per heavy atom. The normalized spacial score (nSPS) is 16.2. The highest BCUT2D eigenvalue weighted by molar-refractivity contribution is 7.21. The van der Waals surface area contributed by atoms with E-state index in [0.717, 1.165) is 36.3 Å². The van der Waals surface area contributed by atoms with Gasteiger partial charge in [-0.05, 0) is 25.0 Å². The van der Waals surface area contributed by atoms with Crippen LogP contribution in [-0.4, -0.2) is 44.3 Å². The van der Waals surface area contributed by atoms with E-state index >= 15 is 0 Å².